The zero-order chi connectivity index (χ0) is 51.6. The van der Waals surface area contributed by atoms with Crippen molar-refractivity contribution in [3.8, 4) is 16.8 Å². The number of hydrogen-bond acceptors (Lipinski definition) is 4. The van der Waals surface area contributed by atoms with E-state index in [0.717, 1.165) is 99.8 Å². The topological polar surface area (TPSA) is 51.7 Å². The van der Waals surface area contributed by atoms with Crippen molar-refractivity contribution in [2.24, 2.45) is 10.9 Å². The average molecular weight is 1010 g/mol. The molecule has 16 aromatic rings. The van der Waals surface area contributed by atoms with Gasteiger partial charge in [-0.2, -0.15) is 0 Å². The van der Waals surface area contributed by atoms with E-state index in [4.69, 9.17) is 13.8 Å². The van der Waals surface area contributed by atoms with Crippen LogP contribution in [-0.2, 0) is 0 Å². The molecule has 79 heavy (non-hydrogen) atoms. The summed E-state index contributed by atoms with van der Waals surface area (Å²) in [6.45, 7) is 2.31. The summed E-state index contributed by atoms with van der Waals surface area (Å²) in [6, 6.07) is 86.3. The molecule has 6 heterocycles. The van der Waals surface area contributed by atoms with Crippen LogP contribution >= 0.6 is 0 Å². The van der Waals surface area contributed by atoms with Crippen LogP contribution < -0.4 is 15.7 Å². The molecule has 0 radical (unpaired) electrons. The SMILES string of the molecule is CC1C=c2c(oc3ccccc23)=NC(c2ccc3ccccc3c2)=C1n1c2ccc(-c3ccc4c5c3c3ccccc3n5-c3ccc5ccccc5c3N4c3ccc4oc5ccccc5c4c3)cc2c2c3ccccc3ccc21. The molecule has 0 N–H and O–H groups in total. The Kier molecular flexibility index (Phi) is 8.56. The third kappa shape index (κ3) is 5.92. The normalized spacial score (nSPS) is 14.4. The molecule has 0 amide bonds. The Balaban J connectivity index is 0.923. The Morgan fingerprint density at radius 2 is 1.04 bits per heavy atom. The third-order valence-corrected chi connectivity index (χ3v) is 17.1. The van der Waals surface area contributed by atoms with Crippen molar-refractivity contribution < 1.29 is 8.83 Å². The van der Waals surface area contributed by atoms with Gasteiger partial charge in [-0.25, -0.2) is 4.99 Å². The molecule has 4 aromatic heterocycles. The van der Waals surface area contributed by atoms with E-state index in [1.165, 1.54) is 65.1 Å². The maximum Gasteiger partial charge on any atom is 0.227 e. The fourth-order valence-corrected chi connectivity index (χ4v) is 13.7. The summed E-state index contributed by atoms with van der Waals surface area (Å²) in [5.41, 5.74) is 17.7. The minimum absolute atomic E-state index is 0.0721. The van der Waals surface area contributed by atoms with Crippen LogP contribution in [0.2, 0.25) is 0 Å². The standard InChI is InChI=1S/C73H44N4O2/c1-42-38-57-54-21-10-13-25-65(54)79-73(57)74-69(48-27-26-43-14-2-3-17-46(43)39-48)70(42)76-60-33-30-47(40-58(60)67-50-18-6-4-15-44(50)28-34-61(67)76)51-32-36-63-72-68(51)55-22-8-11-23-59(55)77(72)62-35-29-45-16-5-7-19-52(45)71(62)75(63)49-31-37-66-56(41-49)53-20-9-12-24-64(53)78-66/h2-42H,1H3. The van der Waals surface area contributed by atoms with Crippen molar-refractivity contribution in [3.63, 3.8) is 0 Å². The molecule has 0 aliphatic carbocycles. The van der Waals surface area contributed by atoms with Crippen molar-refractivity contribution in [3.05, 3.63) is 253 Å². The zero-order valence-electron chi connectivity index (χ0n) is 42.8. The monoisotopic (exact) mass is 1010 g/mol. The van der Waals surface area contributed by atoms with E-state index in [-0.39, 0.29) is 5.92 Å². The molecule has 0 saturated carbocycles. The van der Waals surface area contributed by atoms with Crippen LogP contribution in [0.4, 0.5) is 17.1 Å². The van der Waals surface area contributed by atoms with Crippen molar-refractivity contribution >= 4 is 143 Å². The van der Waals surface area contributed by atoms with Gasteiger partial charge >= 0.3 is 0 Å². The van der Waals surface area contributed by atoms with Gasteiger partial charge in [0, 0.05) is 65.5 Å². The van der Waals surface area contributed by atoms with Crippen molar-refractivity contribution in [2.75, 3.05) is 4.90 Å². The number of anilines is 3. The first-order chi connectivity index (χ1) is 39.1. The van der Waals surface area contributed by atoms with Gasteiger partial charge in [0.05, 0.1) is 50.5 Å². The summed E-state index contributed by atoms with van der Waals surface area (Å²) in [6.07, 6.45) is 2.36. The highest BCUT2D eigenvalue weighted by Gasteiger charge is 2.33. The Labute approximate surface area is 451 Å². The molecular weight excluding hydrogens is 965 g/mol. The second-order valence-electron chi connectivity index (χ2n) is 21.4. The van der Waals surface area contributed by atoms with Crippen LogP contribution in [0.25, 0.3) is 143 Å². The van der Waals surface area contributed by atoms with Crippen LogP contribution in [0, 0.1) is 5.92 Å². The lowest BCUT2D eigenvalue weighted by atomic mass is 9.95. The quantitative estimate of drug-likeness (QED) is 0.177. The van der Waals surface area contributed by atoms with Crippen LogP contribution in [0.15, 0.2) is 250 Å². The number of rotatable bonds is 4. The zero-order valence-corrected chi connectivity index (χ0v) is 42.8. The molecule has 6 nitrogen and oxygen atoms in total. The van der Waals surface area contributed by atoms with E-state index >= 15 is 0 Å². The first-order valence-electron chi connectivity index (χ1n) is 27.2. The van der Waals surface area contributed by atoms with E-state index in [2.05, 4.69) is 245 Å². The van der Waals surface area contributed by atoms with Crippen LogP contribution in [-0.4, -0.2) is 9.13 Å². The molecule has 18 rings (SSSR count). The maximum atomic E-state index is 6.66. The number of furan rings is 2. The summed E-state index contributed by atoms with van der Waals surface area (Å²) in [4.78, 5) is 8.10. The second-order valence-corrected chi connectivity index (χ2v) is 21.4. The van der Waals surface area contributed by atoms with Crippen LogP contribution in [0.3, 0.4) is 0 Å². The summed E-state index contributed by atoms with van der Waals surface area (Å²) < 4.78 is 18.1. The Hall–Kier alpha value is -10.4. The van der Waals surface area contributed by atoms with Crippen LogP contribution in [0.5, 0.6) is 0 Å². The number of aromatic nitrogens is 2. The molecule has 0 spiro atoms. The predicted molar refractivity (Wildman–Crippen MR) is 327 cm³/mol. The van der Waals surface area contributed by atoms with Gasteiger partial charge in [0.2, 0.25) is 5.55 Å². The minimum atomic E-state index is -0.0721. The van der Waals surface area contributed by atoms with Gasteiger partial charge in [-0.15, -0.1) is 0 Å². The van der Waals surface area contributed by atoms with Crippen molar-refractivity contribution in [2.45, 2.75) is 6.92 Å². The predicted octanol–water partition coefficient (Wildman–Crippen LogP) is 18.5. The molecule has 2 aliphatic rings. The molecule has 12 aromatic carbocycles. The van der Waals surface area contributed by atoms with Crippen molar-refractivity contribution in [1.29, 1.82) is 0 Å². The number of nitrogens with zero attached hydrogens (tertiary/aromatic N) is 4. The Bertz CT molecular complexity index is 5550. The molecule has 0 saturated heterocycles. The molecule has 0 bridgehead atoms. The number of para-hydroxylation sites is 3. The first kappa shape index (κ1) is 42.8. The van der Waals surface area contributed by atoms with Gasteiger partial charge in [0.25, 0.3) is 0 Å². The molecule has 1 unspecified atom stereocenters. The van der Waals surface area contributed by atoms with E-state index in [1.54, 1.807) is 0 Å². The summed E-state index contributed by atoms with van der Waals surface area (Å²) >= 11 is 0. The molecule has 368 valence electrons. The molecule has 1 atom stereocenters. The second kappa shape index (κ2) is 15.8. The highest BCUT2D eigenvalue weighted by molar-refractivity contribution is 6.26. The third-order valence-electron chi connectivity index (χ3n) is 17.1. The lowest BCUT2D eigenvalue weighted by Crippen LogP contribution is -2.20. The van der Waals surface area contributed by atoms with E-state index < -0.39 is 0 Å². The lowest BCUT2D eigenvalue weighted by Gasteiger charge is -2.34. The molecular formula is C73H44N4O2. The van der Waals surface area contributed by atoms with Gasteiger partial charge in [0.15, 0.2) is 0 Å². The maximum absolute atomic E-state index is 6.66. The minimum Gasteiger partial charge on any atom is -0.456 e. The number of benzene rings is 12. The van der Waals surface area contributed by atoms with E-state index in [1.807, 2.05) is 18.2 Å². The van der Waals surface area contributed by atoms with E-state index in [9.17, 15) is 0 Å². The Morgan fingerprint density at radius 3 is 1.90 bits per heavy atom. The van der Waals surface area contributed by atoms with E-state index in [0.29, 0.717) is 5.55 Å². The average Bonchev–Trinajstić information content (AvgIpc) is 4.20. The lowest BCUT2D eigenvalue weighted by molar-refractivity contribution is 0.554. The smallest absolute Gasteiger partial charge is 0.227 e. The Morgan fingerprint density at radius 1 is 0.405 bits per heavy atom. The summed E-state index contributed by atoms with van der Waals surface area (Å²) in [5, 5.41) is 16.3. The van der Waals surface area contributed by atoms with Gasteiger partial charge in [-0.3, -0.25) is 0 Å². The van der Waals surface area contributed by atoms with Crippen LogP contribution in [0.1, 0.15) is 12.5 Å². The fourth-order valence-electron chi connectivity index (χ4n) is 13.7. The van der Waals surface area contributed by atoms with Crippen molar-refractivity contribution in [1.82, 2.24) is 9.13 Å². The number of fused-ring (bicyclic) bond motifs is 19. The highest BCUT2D eigenvalue weighted by atomic mass is 16.3. The van der Waals surface area contributed by atoms with Gasteiger partial charge in [0.1, 0.15) is 16.7 Å². The summed E-state index contributed by atoms with van der Waals surface area (Å²) in [5.74, 6) is -0.0721. The van der Waals surface area contributed by atoms with Gasteiger partial charge in [-0.05, 0) is 111 Å². The van der Waals surface area contributed by atoms with Gasteiger partial charge in [-0.1, -0.05) is 177 Å². The first-order valence-corrected chi connectivity index (χ1v) is 27.2. The summed E-state index contributed by atoms with van der Waals surface area (Å²) in [7, 11) is 0. The fraction of sp³-hybridized carbons (Fsp3) is 0.0274. The largest absolute Gasteiger partial charge is 0.456 e. The highest BCUT2D eigenvalue weighted by Crippen LogP contribution is 2.55. The molecule has 2 aliphatic heterocycles. The number of hydrogen-bond donors (Lipinski definition) is 0. The molecule has 6 heteroatoms. The number of allylic oxidation sites excluding steroid dienone is 1. The molecule has 0 fully saturated rings. The van der Waals surface area contributed by atoms with Gasteiger partial charge < -0.3 is 22.9 Å².